The third-order valence-electron chi connectivity index (χ3n) is 9.66. The molecule has 3 heteroatoms. The van der Waals surface area contributed by atoms with E-state index in [2.05, 4.69) is 157 Å². The Balaban J connectivity index is 1.15. The van der Waals surface area contributed by atoms with Gasteiger partial charge in [-0.1, -0.05) is 115 Å². The number of benzene rings is 8. The normalized spacial score (nSPS) is 11.7. The van der Waals surface area contributed by atoms with Crippen LogP contribution in [0.5, 0.6) is 0 Å². The summed E-state index contributed by atoms with van der Waals surface area (Å²) < 4.78 is 12.5. The topological polar surface area (TPSA) is 29.5 Å². The first kappa shape index (κ1) is 27.5. The summed E-state index contributed by atoms with van der Waals surface area (Å²) in [5.74, 6) is 0. The molecule has 0 fully saturated rings. The van der Waals surface area contributed by atoms with E-state index in [0.717, 1.165) is 72.1 Å². The first-order valence-corrected chi connectivity index (χ1v) is 16.6. The lowest BCUT2D eigenvalue weighted by atomic mass is 9.97. The van der Waals surface area contributed by atoms with Crippen LogP contribution in [0, 0.1) is 0 Å². The molecule has 0 bridgehead atoms. The molecule has 0 atom stereocenters. The van der Waals surface area contributed by atoms with Crippen LogP contribution >= 0.6 is 0 Å². The van der Waals surface area contributed by atoms with Crippen LogP contribution in [0.1, 0.15) is 0 Å². The largest absolute Gasteiger partial charge is 0.456 e. The van der Waals surface area contributed by atoms with Crippen LogP contribution < -0.4 is 4.90 Å². The van der Waals surface area contributed by atoms with E-state index in [4.69, 9.17) is 8.83 Å². The molecule has 0 saturated carbocycles. The lowest BCUT2D eigenvalue weighted by Crippen LogP contribution is -2.10. The van der Waals surface area contributed by atoms with Crippen molar-refractivity contribution in [2.24, 2.45) is 0 Å². The van der Waals surface area contributed by atoms with Gasteiger partial charge in [0.15, 0.2) is 0 Å². The van der Waals surface area contributed by atoms with Crippen LogP contribution in [-0.2, 0) is 0 Å². The third-order valence-corrected chi connectivity index (χ3v) is 9.66. The van der Waals surface area contributed by atoms with Crippen LogP contribution in [0.25, 0.3) is 76.9 Å². The zero-order valence-corrected chi connectivity index (χ0v) is 26.5. The van der Waals surface area contributed by atoms with E-state index in [1.807, 2.05) is 24.3 Å². The molecule has 0 saturated heterocycles. The van der Waals surface area contributed by atoms with Crippen molar-refractivity contribution in [2.75, 3.05) is 4.90 Å². The molecular formula is C46H29NO2. The van der Waals surface area contributed by atoms with Crippen molar-refractivity contribution in [1.29, 1.82) is 0 Å². The van der Waals surface area contributed by atoms with E-state index in [9.17, 15) is 0 Å². The Kier molecular flexibility index (Phi) is 6.18. The Morgan fingerprint density at radius 3 is 1.86 bits per heavy atom. The van der Waals surface area contributed by atoms with Gasteiger partial charge in [0, 0.05) is 27.5 Å². The molecule has 0 N–H and O–H groups in total. The molecule has 0 aliphatic carbocycles. The molecule has 49 heavy (non-hydrogen) atoms. The lowest BCUT2D eigenvalue weighted by Gasteiger charge is -2.27. The predicted molar refractivity (Wildman–Crippen MR) is 204 cm³/mol. The summed E-state index contributed by atoms with van der Waals surface area (Å²) >= 11 is 0. The summed E-state index contributed by atoms with van der Waals surface area (Å²) in [5, 5.41) is 6.92. The zero-order chi connectivity index (χ0) is 32.3. The van der Waals surface area contributed by atoms with Gasteiger partial charge >= 0.3 is 0 Å². The van der Waals surface area contributed by atoms with Crippen LogP contribution in [0.4, 0.5) is 17.1 Å². The van der Waals surface area contributed by atoms with Crippen molar-refractivity contribution in [3.05, 3.63) is 176 Å². The summed E-state index contributed by atoms with van der Waals surface area (Å²) in [6.45, 7) is 0. The van der Waals surface area contributed by atoms with E-state index >= 15 is 0 Å². The zero-order valence-electron chi connectivity index (χ0n) is 26.5. The molecule has 8 aromatic carbocycles. The fraction of sp³-hybridized carbons (Fsp3) is 0. The van der Waals surface area contributed by atoms with Gasteiger partial charge in [-0.15, -0.1) is 0 Å². The number of hydrogen-bond acceptors (Lipinski definition) is 3. The second kappa shape index (κ2) is 11.0. The average molecular weight is 628 g/mol. The predicted octanol–water partition coefficient (Wildman–Crippen LogP) is 13.4. The highest BCUT2D eigenvalue weighted by atomic mass is 16.3. The van der Waals surface area contributed by atoms with Crippen LogP contribution in [-0.4, -0.2) is 0 Å². The van der Waals surface area contributed by atoms with Crippen molar-refractivity contribution < 1.29 is 8.83 Å². The van der Waals surface area contributed by atoms with Crippen LogP contribution in [0.2, 0.25) is 0 Å². The van der Waals surface area contributed by atoms with E-state index in [1.165, 1.54) is 21.9 Å². The Morgan fingerprint density at radius 2 is 0.980 bits per heavy atom. The van der Waals surface area contributed by atoms with Crippen molar-refractivity contribution in [3.8, 4) is 22.3 Å². The Bertz CT molecular complexity index is 2830. The number of nitrogens with zero attached hydrogens (tertiary/aromatic N) is 1. The van der Waals surface area contributed by atoms with E-state index in [0.29, 0.717) is 0 Å². The van der Waals surface area contributed by atoms with Gasteiger partial charge in [0.2, 0.25) is 0 Å². The summed E-state index contributed by atoms with van der Waals surface area (Å²) in [6.07, 6.45) is 0. The number of fused-ring (bicyclic) bond motifs is 7. The van der Waals surface area contributed by atoms with Crippen molar-refractivity contribution >= 4 is 71.7 Å². The minimum Gasteiger partial charge on any atom is -0.456 e. The van der Waals surface area contributed by atoms with Gasteiger partial charge in [0.05, 0.1) is 11.1 Å². The highest BCUT2D eigenvalue weighted by Crippen LogP contribution is 2.44. The van der Waals surface area contributed by atoms with Gasteiger partial charge < -0.3 is 13.7 Å². The van der Waals surface area contributed by atoms with Gasteiger partial charge in [0.1, 0.15) is 22.3 Å². The first-order chi connectivity index (χ1) is 24.3. The maximum Gasteiger partial charge on any atom is 0.137 e. The summed E-state index contributed by atoms with van der Waals surface area (Å²) in [6, 6.07) is 62.2. The monoisotopic (exact) mass is 627 g/mol. The average Bonchev–Trinajstić information content (AvgIpc) is 3.74. The second-order valence-electron chi connectivity index (χ2n) is 12.5. The second-order valence-corrected chi connectivity index (χ2v) is 12.5. The van der Waals surface area contributed by atoms with Crippen molar-refractivity contribution in [1.82, 2.24) is 0 Å². The first-order valence-electron chi connectivity index (χ1n) is 16.6. The molecule has 0 radical (unpaired) electrons. The maximum atomic E-state index is 6.36. The van der Waals surface area contributed by atoms with Gasteiger partial charge in [-0.3, -0.25) is 0 Å². The van der Waals surface area contributed by atoms with Crippen molar-refractivity contribution in [3.63, 3.8) is 0 Å². The molecule has 10 aromatic rings. The lowest BCUT2D eigenvalue weighted by molar-refractivity contribution is 0.668. The summed E-state index contributed by atoms with van der Waals surface area (Å²) in [4.78, 5) is 2.36. The molecule has 230 valence electrons. The Hall–Kier alpha value is -6.58. The standard InChI is InChI=1S/C46H29NO2/c1-2-14-36-31(10-1)11-8-17-37(36)33-12-7-13-35(28-33)47(41-18-9-21-45-46(41)39-16-4-6-20-43(39)49-45)34-25-22-30(23-26-34)32-24-27-44-40(29-32)38-15-3-5-19-42(38)48-44/h1-29H. The van der Waals surface area contributed by atoms with Crippen molar-refractivity contribution in [2.45, 2.75) is 0 Å². The smallest absolute Gasteiger partial charge is 0.137 e. The molecule has 2 aromatic heterocycles. The molecule has 0 aliphatic rings. The fourth-order valence-electron chi connectivity index (χ4n) is 7.37. The molecule has 3 nitrogen and oxygen atoms in total. The highest BCUT2D eigenvalue weighted by Gasteiger charge is 2.20. The number of hydrogen-bond donors (Lipinski definition) is 0. The van der Waals surface area contributed by atoms with Gasteiger partial charge in [-0.2, -0.15) is 0 Å². The SMILES string of the molecule is c1cc(-c2cccc3ccccc23)cc(N(c2ccc(-c3ccc4oc5ccccc5c4c3)cc2)c2cccc3oc4ccccc4c23)c1. The van der Waals surface area contributed by atoms with Crippen LogP contribution in [0.15, 0.2) is 185 Å². The van der Waals surface area contributed by atoms with Gasteiger partial charge in [-0.05, 0) is 93.7 Å². The molecular weight excluding hydrogens is 599 g/mol. The molecule has 0 spiro atoms. The number of furan rings is 2. The quantitative estimate of drug-likeness (QED) is 0.190. The maximum absolute atomic E-state index is 6.36. The van der Waals surface area contributed by atoms with Gasteiger partial charge in [0.25, 0.3) is 0 Å². The number of rotatable bonds is 5. The molecule has 10 rings (SSSR count). The van der Waals surface area contributed by atoms with E-state index in [1.54, 1.807) is 0 Å². The van der Waals surface area contributed by atoms with E-state index < -0.39 is 0 Å². The number of anilines is 3. The summed E-state index contributed by atoms with van der Waals surface area (Å²) in [5.41, 5.74) is 11.4. The molecule has 0 amide bonds. The Labute approximate surface area is 282 Å². The molecule has 2 heterocycles. The summed E-state index contributed by atoms with van der Waals surface area (Å²) in [7, 11) is 0. The van der Waals surface area contributed by atoms with E-state index in [-0.39, 0.29) is 0 Å². The van der Waals surface area contributed by atoms with Gasteiger partial charge in [-0.25, -0.2) is 0 Å². The Morgan fingerprint density at radius 1 is 0.347 bits per heavy atom. The van der Waals surface area contributed by atoms with Crippen LogP contribution in [0.3, 0.4) is 0 Å². The minimum atomic E-state index is 0.867. The molecule has 0 aliphatic heterocycles. The fourth-order valence-corrected chi connectivity index (χ4v) is 7.37. The molecule has 0 unspecified atom stereocenters. The third kappa shape index (κ3) is 4.51. The highest BCUT2D eigenvalue weighted by molar-refractivity contribution is 6.13. The number of para-hydroxylation sites is 2. The minimum absolute atomic E-state index is 0.867.